The highest BCUT2D eigenvalue weighted by molar-refractivity contribution is 8.00. The van der Waals surface area contributed by atoms with Crippen LogP contribution in [-0.4, -0.2) is 5.25 Å². The van der Waals surface area contributed by atoms with E-state index in [4.69, 9.17) is 5.73 Å². The maximum Gasteiger partial charge on any atom is 0.0391 e. The Morgan fingerprint density at radius 3 is 2.60 bits per heavy atom. The summed E-state index contributed by atoms with van der Waals surface area (Å²) in [5.74, 6) is 0. The van der Waals surface area contributed by atoms with Crippen molar-refractivity contribution < 1.29 is 0 Å². The van der Waals surface area contributed by atoms with E-state index >= 15 is 0 Å². The highest BCUT2D eigenvalue weighted by Gasteiger charge is 2.29. The van der Waals surface area contributed by atoms with E-state index in [1.807, 2.05) is 23.9 Å². The number of hydrogen-bond donors (Lipinski definition) is 1. The third-order valence-electron chi connectivity index (χ3n) is 3.97. The molecule has 0 fully saturated rings. The van der Waals surface area contributed by atoms with E-state index in [-0.39, 0.29) is 0 Å². The number of hydrogen-bond acceptors (Lipinski definition) is 2. The van der Waals surface area contributed by atoms with Crippen molar-refractivity contribution in [3.8, 4) is 0 Å². The molecular weight excluding hydrogens is 262 g/mol. The minimum absolute atomic E-state index is 0.560. The highest BCUT2D eigenvalue weighted by Crippen LogP contribution is 2.49. The summed E-state index contributed by atoms with van der Waals surface area (Å²) in [5, 5.41) is 0.560. The van der Waals surface area contributed by atoms with Gasteiger partial charge in [-0.15, -0.1) is 11.8 Å². The van der Waals surface area contributed by atoms with Gasteiger partial charge in [0.15, 0.2) is 0 Å². The Kier molecular flexibility index (Phi) is 2.71. The van der Waals surface area contributed by atoms with Crippen LogP contribution in [0.4, 0.5) is 5.69 Å². The molecule has 4 rings (SSSR count). The quantitative estimate of drug-likeness (QED) is 0.770. The molecule has 0 bridgehead atoms. The Morgan fingerprint density at radius 2 is 1.75 bits per heavy atom. The minimum atomic E-state index is 0.560. The molecule has 1 unspecified atom stereocenters. The van der Waals surface area contributed by atoms with Gasteiger partial charge in [-0.25, -0.2) is 0 Å². The van der Waals surface area contributed by atoms with Crippen molar-refractivity contribution >= 4 is 28.6 Å². The van der Waals surface area contributed by atoms with Gasteiger partial charge in [0.05, 0.1) is 0 Å². The number of nitrogen functional groups attached to an aromatic ring is 1. The normalized spacial score (nSPS) is 19.9. The van der Waals surface area contributed by atoms with Crippen LogP contribution in [0, 0.1) is 0 Å². The second kappa shape index (κ2) is 4.57. The maximum absolute atomic E-state index is 5.76. The molecule has 0 saturated carbocycles. The zero-order chi connectivity index (χ0) is 13.5. The third-order valence-corrected chi connectivity index (χ3v) is 5.28. The van der Waals surface area contributed by atoms with Crippen LogP contribution in [0.25, 0.3) is 11.1 Å². The molecule has 2 aliphatic rings. The zero-order valence-electron chi connectivity index (χ0n) is 11.0. The Hall–Kier alpha value is -1.93. The molecule has 2 N–H and O–H groups in total. The average molecular weight is 277 g/mol. The predicted molar refractivity (Wildman–Crippen MR) is 87.5 cm³/mol. The number of nitrogens with two attached hydrogens (primary N) is 1. The van der Waals surface area contributed by atoms with Gasteiger partial charge in [0, 0.05) is 15.8 Å². The molecule has 2 heteroatoms. The topological polar surface area (TPSA) is 26.0 Å². The molecule has 1 aliphatic carbocycles. The van der Waals surface area contributed by atoms with Crippen LogP contribution in [0.3, 0.4) is 0 Å². The van der Waals surface area contributed by atoms with Gasteiger partial charge in [0.1, 0.15) is 0 Å². The van der Waals surface area contributed by atoms with Crippen LogP contribution in [0.15, 0.2) is 65.6 Å². The minimum Gasteiger partial charge on any atom is -0.399 e. The van der Waals surface area contributed by atoms with E-state index in [9.17, 15) is 0 Å². The number of anilines is 1. The number of rotatable bonds is 1. The standard InChI is InChI=1S/C18H15NS/c19-14-8-5-12(6-9-14)13-7-10-16-15-3-1-2-4-17(15)20-18(16)11-13/h1-10,18H,11,19H2. The fourth-order valence-electron chi connectivity index (χ4n) is 2.92. The molecule has 0 saturated heterocycles. The molecule has 0 radical (unpaired) electrons. The van der Waals surface area contributed by atoms with Crippen molar-refractivity contribution in [2.75, 3.05) is 5.73 Å². The van der Waals surface area contributed by atoms with Gasteiger partial charge < -0.3 is 5.73 Å². The van der Waals surface area contributed by atoms with E-state index in [0.29, 0.717) is 5.25 Å². The molecule has 2 aromatic rings. The van der Waals surface area contributed by atoms with E-state index in [1.54, 1.807) is 0 Å². The first kappa shape index (κ1) is 11.9. The van der Waals surface area contributed by atoms with Gasteiger partial charge in [-0.2, -0.15) is 0 Å². The predicted octanol–water partition coefficient (Wildman–Crippen LogP) is 4.61. The average Bonchev–Trinajstić information content (AvgIpc) is 2.85. The Balaban J connectivity index is 1.71. The summed E-state index contributed by atoms with van der Waals surface area (Å²) in [7, 11) is 0. The van der Waals surface area contributed by atoms with Crippen molar-refractivity contribution in [1.82, 2.24) is 0 Å². The van der Waals surface area contributed by atoms with E-state index in [2.05, 4.69) is 48.6 Å². The van der Waals surface area contributed by atoms with Gasteiger partial charge in [-0.1, -0.05) is 42.5 Å². The number of fused-ring (bicyclic) bond motifs is 3. The van der Waals surface area contributed by atoms with Crippen molar-refractivity contribution in [1.29, 1.82) is 0 Å². The molecule has 0 amide bonds. The second-order valence-electron chi connectivity index (χ2n) is 5.24. The molecule has 1 nitrogen and oxygen atoms in total. The lowest BCUT2D eigenvalue weighted by Crippen LogP contribution is -2.05. The zero-order valence-corrected chi connectivity index (χ0v) is 11.9. The lowest BCUT2D eigenvalue weighted by Gasteiger charge is -2.19. The number of allylic oxidation sites excluding steroid dienone is 3. The SMILES string of the molecule is Nc1ccc(C2=CC=C3c4ccccc4SC3C2)cc1. The fourth-order valence-corrected chi connectivity index (χ4v) is 4.29. The second-order valence-corrected chi connectivity index (χ2v) is 6.49. The van der Waals surface area contributed by atoms with Gasteiger partial charge in [-0.05, 0) is 46.9 Å². The number of benzene rings is 2. The summed E-state index contributed by atoms with van der Waals surface area (Å²) >= 11 is 1.99. The summed E-state index contributed by atoms with van der Waals surface area (Å²) in [5.41, 5.74) is 12.2. The lowest BCUT2D eigenvalue weighted by atomic mass is 9.90. The summed E-state index contributed by atoms with van der Waals surface area (Å²) in [6.07, 6.45) is 5.65. The monoisotopic (exact) mass is 277 g/mol. The molecule has 2 aromatic carbocycles. The van der Waals surface area contributed by atoms with Crippen LogP contribution in [-0.2, 0) is 0 Å². The molecular formula is C18H15NS. The smallest absolute Gasteiger partial charge is 0.0391 e. The van der Waals surface area contributed by atoms with E-state index in [0.717, 1.165) is 12.1 Å². The van der Waals surface area contributed by atoms with Crippen molar-refractivity contribution in [2.24, 2.45) is 0 Å². The summed E-state index contributed by atoms with van der Waals surface area (Å²) in [4.78, 5) is 1.41. The van der Waals surface area contributed by atoms with Crippen molar-refractivity contribution in [3.63, 3.8) is 0 Å². The lowest BCUT2D eigenvalue weighted by molar-refractivity contribution is 1.11. The summed E-state index contributed by atoms with van der Waals surface area (Å²) in [6, 6.07) is 16.9. The molecule has 98 valence electrons. The molecule has 0 aromatic heterocycles. The third kappa shape index (κ3) is 1.88. The van der Waals surface area contributed by atoms with Crippen molar-refractivity contribution in [3.05, 3.63) is 71.8 Å². The van der Waals surface area contributed by atoms with E-state index in [1.165, 1.54) is 27.2 Å². The summed E-state index contributed by atoms with van der Waals surface area (Å²) < 4.78 is 0. The van der Waals surface area contributed by atoms with Crippen LogP contribution in [0.2, 0.25) is 0 Å². The Labute approximate surface area is 123 Å². The number of thioether (sulfide) groups is 1. The van der Waals surface area contributed by atoms with E-state index < -0.39 is 0 Å². The van der Waals surface area contributed by atoms with Gasteiger partial charge in [-0.3, -0.25) is 0 Å². The molecule has 1 atom stereocenters. The Morgan fingerprint density at radius 1 is 0.950 bits per heavy atom. The molecule has 1 aliphatic heterocycles. The Bertz CT molecular complexity index is 725. The van der Waals surface area contributed by atoms with Crippen LogP contribution in [0.5, 0.6) is 0 Å². The van der Waals surface area contributed by atoms with Gasteiger partial charge in [0.2, 0.25) is 0 Å². The maximum atomic E-state index is 5.76. The highest BCUT2D eigenvalue weighted by atomic mass is 32.2. The van der Waals surface area contributed by atoms with Crippen LogP contribution >= 0.6 is 11.8 Å². The van der Waals surface area contributed by atoms with Gasteiger partial charge in [0.25, 0.3) is 0 Å². The largest absolute Gasteiger partial charge is 0.399 e. The first-order valence-electron chi connectivity index (χ1n) is 6.84. The molecule has 0 spiro atoms. The summed E-state index contributed by atoms with van der Waals surface area (Å²) in [6.45, 7) is 0. The van der Waals surface area contributed by atoms with Crippen LogP contribution < -0.4 is 5.73 Å². The van der Waals surface area contributed by atoms with Crippen LogP contribution in [0.1, 0.15) is 17.5 Å². The first-order chi connectivity index (χ1) is 9.81. The van der Waals surface area contributed by atoms with Crippen molar-refractivity contribution in [2.45, 2.75) is 16.6 Å². The fraction of sp³-hybridized carbons (Fsp3) is 0.111. The first-order valence-corrected chi connectivity index (χ1v) is 7.72. The molecule has 20 heavy (non-hydrogen) atoms. The molecule has 1 heterocycles. The van der Waals surface area contributed by atoms with Gasteiger partial charge >= 0.3 is 0 Å².